The summed E-state index contributed by atoms with van der Waals surface area (Å²) in [5.41, 5.74) is 1.19. The highest BCUT2D eigenvalue weighted by atomic mass is 32.2. The molecule has 0 radical (unpaired) electrons. The number of nitrogens with zero attached hydrogens (tertiary/aromatic N) is 1. The Kier molecular flexibility index (Phi) is 5.38. The summed E-state index contributed by atoms with van der Waals surface area (Å²) in [6.45, 7) is 3.13. The van der Waals surface area contributed by atoms with Crippen LogP contribution < -0.4 is 0 Å². The minimum Gasteiger partial charge on any atom is -0.293 e. The lowest BCUT2D eigenvalue weighted by Gasteiger charge is -1.96. The average Bonchev–Trinajstić information content (AvgIpc) is 2.25. The predicted octanol–water partition coefficient (Wildman–Crippen LogP) is 3.63. The molecule has 1 rings (SSSR count). The van der Waals surface area contributed by atoms with Gasteiger partial charge in [0.15, 0.2) is 0 Å². The van der Waals surface area contributed by atoms with Crippen molar-refractivity contribution in [2.75, 3.05) is 12.8 Å². The number of hydrogen-bond acceptors (Lipinski definition) is 2. The zero-order valence-corrected chi connectivity index (χ0v) is 9.68. The molecule has 2 heteroatoms. The van der Waals surface area contributed by atoms with Crippen molar-refractivity contribution in [3.63, 3.8) is 0 Å². The van der Waals surface area contributed by atoms with Crippen molar-refractivity contribution in [1.29, 1.82) is 0 Å². The zero-order valence-electron chi connectivity index (χ0n) is 8.86. The second-order valence-electron chi connectivity index (χ2n) is 3.16. The number of rotatable bonds is 5. The molecule has 0 spiro atoms. The first-order valence-corrected chi connectivity index (χ1v) is 6.23. The van der Waals surface area contributed by atoms with Crippen molar-refractivity contribution in [2.45, 2.75) is 24.7 Å². The molecule has 0 aliphatic heterocycles. The van der Waals surface area contributed by atoms with Crippen molar-refractivity contribution in [3.8, 4) is 0 Å². The van der Waals surface area contributed by atoms with Crippen molar-refractivity contribution in [3.05, 3.63) is 29.8 Å². The molecule has 0 aromatic heterocycles. The van der Waals surface area contributed by atoms with E-state index in [9.17, 15) is 0 Å². The zero-order chi connectivity index (χ0) is 10.2. The highest BCUT2D eigenvalue weighted by molar-refractivity contribution is 7.98. The van der Waals surface area contributed by atoms with Crippen molar-refractivity contribution in [1.82, 2.24) is 0 Å². The number of unbranched alkanes of at least 4 members (excludes halogenated alkanes) is 1. The van der Waals surface area contributed by atoms with E-state index in [1.165, 1.54) is 23.3 Å². The van der Waals surface area contributed by atoms with Crippen LogP contribution in [-0.4, -0.2) is 19.0 Å². The van der Waals surface area contributed by atoms with E-state index in [-0.39, 0.29) is 0 Å². The Balaban J connectivity index is 2.47. The molecule has 14 heavy (non-hydrogen) atoms. The van der Waals surface area contributed by atoms with Gasteiger partial charge in [0.25, 0.3) is 0 Å². The van der Waals surface area contributed by atoms with Crippen molar-refractivity contribution in [2.24, 2.45) is 4.99 Å². The summed E-state index contributed by atoms with van der Waals surface area (Å²) in [6, 6.07) is 8.49. The molecule has 1 aromatic carbocycles. The Morgan fingerprint density at radius 3 is 2.57 bits per heavy atom. The number of aliphatic imine (C=N–C) groups is 1. The van der Waals surface area contributed by atoms with Crippen LogP contribution in [0, 0.1) is 0 Å². The lowest BCUT2D eigenvalue weighted by atomic mass is 10.2. The highest BCUT2D eigenvalue weighted by Gasteiger charge is 1.89. The van der Waals surface area contributed by atoms with Gasteiger partial charge >= 0.3 is 0 Å². The Bertz CT molecular complexity index is 277. The maximum Gasteiger partial charge on any atom is 0.0389 e. The minimum absolute atomic E-state index is 0.945. The molecule has 1 aromatic rings. The Morgan fingerprint density at radius 2 is 2.00 bits per heavy atom. The number of thioether (sulfide) groups is 1. The summed E-state index contributed by atoms with van der Waals surface area (Å²) in [4.78, 5) is 5.66. The topological polar surface area (TPSA) is 12.4 Å². The van der Waals surface area contributed by atoms with Gasteiger partial charge in [-0.1, -0.05) is 25.5 Å². The quantitative estimate of drug-likeness (QED) is 0.408. The molecule has 0 aliphatic carbocycles. The van der Waals surface area contributed by atoms with E-state index in [1.54, 1.807) is 11.8 Å². The van der Waals surface area contributed by atoms with Crippen LogP contribution >= 0.6 is 11.8 Å². The van der Waals surface area contributed by atoms with Gasteiger partial charge in [-0.25, -0.2) is 0 Å². The van der Waals surface area contributed by atoms with Gasteiger partial charge in [-0.15, -0.1) is 11.8 Å². The molecule has 0 amide bonds. The summed E-state index contributed by atoms with van der Waals surface area (Å²) in [5.74, 6) is 0. The largest absolute Gasteiger partial charge is 0.293 e. The van der Waals surface area contributed by atoms with Gasteiger partial charge in [0.2, 0.25) is 0 Å². The molecule has 0 N–H and O–H groups in total. The number of hydrogen-bond donors (Lipinski definition) is 0. The SMILES string of the molecule is CCCCN=Cc1ccc(SC)cc1. The van der Waals surface area contributed by atoms with Crippen LogP contribution in [0.3, 0.4) is 0 Å². The van der Waals surface area contributed by atoms with E-state index >= 15 is 0 Å². The van der Waals surface area contributed by atoms with E-state index < -0.39 is 0 Å². The lowest BCUT2D eigenvalue weighted by molar-refractivity contribution is 0.810. The van der Waals surface area contributed by atoms with E-state index in [2.05, 4.69) is 42.4 Å². The van der Waals surface area contributed by atoms with Crippen LogP contribution in [0.1, 0.15) is 25.3 Å². The Labute approximate surface area is 90.6 Å². The van der Waals surface area contributed by atoms with Crippen LogP contribution in [0.2, 0.25) is 0 Å². The Morgan fingerprint density at radius 1 is 1.29 bits per heavy atom. The molecule has 0 fully saturated rings. The lowest BCUT2D eigenvalue weighted by Crippen LogP contribution is -1.84. The fourth-order valence-corrected chi connectivity index (χ4v) is 1.52. The first-order chi connectivity index (χ1) is 6.86. The summed E-state index contributed by atoms with van der Waals surface area (Å²) < 4.78 is 0. The van der Waals surface area contributed by atoms with Gasteiger partial charge in [0, 0.05) is 17.7 Å². The number of benzene rings is 1. The van der Waals surface area contributed by atoms with Crippen LogP contribution in [0.5, 0.6) is 0 Å². The van der Waals surface area contributed by atoms with Crippen LogP contribution in [0.25, 0.3) is 0 Å². The second kappa shape index (κ2) is 6.66. The molecular weight excluding hydrogens is 190 g/mol. The first kappa shape index (κ1) is 11.3. The third kappa shape index (κ3) is 3.97. The van der Waals surface area contributed by atoms with Gasteiger partial charge in [0.05, 0.1) is 0 Å². The maximum absolute atomic E-state index is 4.36. The standard InChI is InChI=1S/C12H17NS/c1-3-4-9-13-10-11-5-7-12(14-2)8-6-11/h5-8,10H,3-4,9H2,1-2H3. The minimum atomic E-state index is 0.945. The predicted molar refractivity (Wildman–Crippen MR) is 65.6 cm³/mol. The van der Waals surface area contributed by atoms with Crippen molar-refractivity contribution >= 4 is 18.0 Å². The summed E-state index contributed by atoms with van der Waals surface area (Å²) >= 11 is 1.76. The fourth-order valence-electron chi connectivity index (χ4n) is 1.11. The molecule has 0 aliphatic rings. The highest BCUT2D eigenvalue weighted by Crippen LogP contribution is 2.13. The van der Waals surface area contributed by atoms with Crippen molar-refractivity contribution < 1.29 is 0 Å². The molecule has 0 atom stereocenters. The van der Waals surface area contributed by atoms with Crippen LogP contribution in [0.4, 0.5) is 0 Å². The second-order valence-corrected chi connectivity index (χ2v) is 4.04. The van der Waals surface area contributed by atoms with E-state index in [0.717, 1.165) is 6.54 Å². The maximum atomic E-state index is 4.36. The first-order valence-electron chi connectivity index (χ1n) is 5.00. The van der Waals surface area contributed by atoms with E-state index in [4.69, 9.17) is 0 Å². The summed E-state index contributed by atoms with van der Waals surface area (Å²) in [5, 5.41) is 0. The summed E-state index contributed by atoms with van der Waals surface area (Å²) in [6.07, 6.45) is 6.44. The third-order valence-electron chi connectivity index (χ3n) is 2.00. The van der Waals surface area contributed by atoms with Gasteiger partial charge in [-0.2, -0.15) is 0 Å². The fraction of sp³-hybridized carbons (Fsp3) is 0.417. The molecule has 76 valence electrons. The molecule has 0 saturated heterocycles. The van der Waals surface area contributed by atoms with Crippen LogP contribution in [-0.2, 0) is 0 Å². The molecule has 0 saturated carbocycles. The molecule has 1 nitrogen and oxygen atoms in total. The van der Waals surface area contributed by atoms with Gasteiger partial charge < -0.3 is 0 Å². The van der Waals surface area contributed by atoms with Gasteiger partial charge in [0.1, 0.15) is 0 Å². The summed E-state index contributed by atoms with van der Waals surface area (Å²) in [7, 11) is 0. The molecule has 0 heterocycles. The molecule has 0 unspecified atom stereocenters. The van der Waals surface area contributed by atoms with Gasteiger partial charge in [-0.3, -0.25) is 4.99 Å². The average molecular weight is 207 g/mol. The van der Waals surface area contributed by atoms with E-state index in [1.807, 2.05) is 6.21 Å². The van der Waals surface area contributed by atoms with Gasteiger partial charge in [-0.05, 0) is 30.4 Å². The molecular formula is C12H17NS. The normalized spacial score (nSPS) is 11.0. The third-order valence-corrected chi connectivity index (χ3v) is 2.74. The molecule has 0 bridgehead atoms. The monoisotopic (exact) mass is 207 g/mol. The Hall–Kier alpha value is -0.760. The van der Waals surface area contributed by atoms with Crippen LogP contribution in [0.15, 0.2) is 34.2 Å². The smallest absolute Gasteiger partial charge is 0.0389 e. The van der Waals surface area contributed by atoms with E-state index in [0.29, 0.717) is 0 Å².